The highest BCUT2D eigenvalue weighted by atomic mass is 14.7. The van der Waals surface area contributed by atoms with Crippen LogP contribution < -0.4 is 5.73 Å². The van der Waals surface area contributed by atoms with E-state index in [0.717, 1.165) is 11.1 Å². The number of benzene rings is 2. The molecule has 0 aliphatic heterocycles. The second-order valence-corrected chi connectivity index (χ2v) is 3.95. The Balaban J connectivity index is 2.49. The van der Waals surface area contributed by atoms with Crippen molar-refractivity contribution in [1.82, 2.24) is 0 Å². The largest absolute Gasteiger partial charge is 0.318 e. The van der Waals surface area contributed by atoms with Crippen LogP contribution in [0.1, 0.15) is 17.5 Å². The van der Waals surface area contributed by atoms with Gasteiger partial charge in [0.1, 0.15) is 0 Å². The van der Waals surface area contributed by atoms with Gasteiger partial charge in [-0.3, -0.25) is 0 Å². The Morgan fingerprint density at radius 2 is 1.19 bits per heavy atom. The molecule has 0 aliphatic carbocycles. The number of rotatable bonds is 3. The maximum absolute atomic E-state index is 6.48. The minimum absolute atomic E-state index is 0.484. The number of hydrogen-bond donors (Lipinski definition) is 1. The highest BCUT2D eigenvalue weighted by molar-refractivity contribution is 5.37. The topological polar surface area (TPSA) is 26.0 Å². The van der Waals surface area contributed by atoms with Crippen LogP contribution in [0.25, 0.3) is 0 Å². The fourth-order valence-electron chi connectivity index (χ4n) is 1.93. The van der Waals surface area contributed by atoms with Crippen LogP contribution in [-0.2, 0) is 5.54 Å². The van der Waals surface area contributed by atoms with Crippen molar-refractivity contribution in [2.24, 2.45) is 5.73 Å². The molecule has 0 aliphatic rings. The molecule has 2 rings (SSSR count). The van der Waals surface area contributed by atoms with E-state index in [-0.39, 0.29) is 0 Å². The van der Waals surface area contributed by atoms with Crippen molar-refractivity contribution in [2.75, 3.05) is 0 Å². The molecule has 0 fully saturated rings. The van der Waals surface area contributed by atoms with Crippen molar-refractivity contribution in [3.8, 4) is 0 Å². The van der Waals surface area contributed by atoms with Gasteiger partial charge in [-0.2, -0.15) is 0 Å². The number of nitrogens with two attached hydrogens (primary N) is 1. The van der Waals surface area contributed by atoms with Gasteiger partial charge < -0.3 is 5.73 Å². The van der Waals surface area contributed by atoms with Gasteiger partial charge in [0.05, 0.1) is 5.54 Å². The molecule has 0 atom stereocenters. The molecule has 0 saturated carbocycles. The van der Waals surface area contributed by atoms with E-state index in [2.05, 4.69) is 31.2 Å². The quantitative estimate of drug-likeness (QED) is 0.827. The van der Waals surface area contributed by atoms with Crippen LogP contribution in [0.4, 0.5) is 0 Å². The lowest BCUT2D eigenvalue weighted by atomic mass is 9.82. The minimum Gasteiger partial charge on any atom is -0.318 e. The molecule has 1 heteroatoms. The SMILES string of the molecule is [CH2]CC(N)(c1ccccc1)c1ccccc1. The predicted octanol–water partition coefficient (Wildman–Crippen LogP) is 3.11. The maximum Gasteiger partial charge on any atom is 0.0665 e. The molecule has 2 N–H and O–H groups in total. The molecule has 1 nitrogen and oxygen atoms in total. The Morgan fingerprint density at radius 1 is 0.812 bits per heavy atom. The summed E-state index contributed by atoms with van der Waals surface area (Å²) in [6.07, 6.45) is 0.640. The Bertz CT molecular complexity index is 394. The third-order valence-electron chi connectivity index (χ3n) is 2.97. The van der Waals surface area contributed by atoms with Crippen molar-refractivity contribution in [3.05, 3.63) is 78.7 Å². The van der Waals surface area contributed by atoms with Gasteiger partial charge >= 0.3 is 0 Å². The van der Waals surface area contributed by atoms with Crippen LogP contribution in [0.5, 0.6) is 0 Å². The third-order valence-corrected chi connectivity index (χ3v) is 2.97. The summed E-state index contributed by atoms with van der Waals surface area (Å²) in [5, 5.41) is 0. The summed E-state index contributed by atoms with van der Waals surface area (Å²) in [5.74, 6) is 0. The zero-order valence-corrected chi connectivity index (χ0v) is 9.27. The van der Waals surface area contributed by atoms with E-state index in [4.69, 9.17) is 5.73 Å². The first-order valence-corrected chi connectivity index (χ1v) is 5.46. The molecule has 0 unspecified atom stereocenters. The Labute approximate surface area is 96.9 Å². The van der Waals surface area contributed by atoms with Crippen LogP contribution in [-0.4, -0.2) is 0 Å². The van der Waals surface area contributed by atoms with Crippen LogP contribution in [0, 0.1) is 6.92 Å². The van der Waals surface area contributed by atoms with Gasteiger partial charge in [-0.05, 0) is 17.5 Å². The van der Waals surface area contributed by atoms with Gasteiger partial charge in [0.2, 0.25) is 0 Å². The fourth-order valence-corrected chi connectivity index (χ4v) is 1.93. The molecule has 0 saturated heterocycles. The Kier molecular flexibility index (Phi) is 3.07. The summed E-state index contributed by atoms with van der Waals surface area (Å²) in [5.41, 5.74) is 8.21. The summed E-state index contributed by atoms with van der Waals surface area (Å²) in [4.78, 5) is 0. The molecule has 0 amide bonds. The lowest BCUT2D eigenvalue weighted by molar-refractivity contribution is 0.545. The molecular formula is C15H16N. The van der Waals surface area contributed by atoms with E-state index in [1.807, 2.05) is 36.4 Å². The van der Waals surface area contributed by atoms with Crippen molar-refractivity contribution in [2.45, 2.75) is 12.0 Å². The normalized spacial score (nSPS) is 11.4. The summed E-state index contributed by atoms with van der Waals surface area (Å²) in [6, 6.07) is 20.2. The third kappa shape index (κ3) is 1.86. The van der Waals surface area contributed by atoms with E-state index in [1.54, 1.807) is 0 Å². The molecule has 1 radical (unpaired) electrons. The van der Waals surface area contributed by atoms with Gasteiger partial charge in [0.15, 0.2) is 0 Å². The second-order valence-electron chi connectivity index (χ2n) is 3.95. The van der Waals surface area contributed by atoms with E-state index >= 15 is 0 Å². The van der Waals surface area contributed by atoms with Crippen LogP contribution in [0.2, 0.25) is 0 Å². The van der Waals surface area contributed by atoms with Crippen LogP contribution >= 0.6 is 0 Å². The fraction of sp³-hybridized carbons (Fsp3) is 0.133. The molecule has 81 valence electrons. The molecule has 0 aromatic heterocycles. The molecule has 16 heavy (non-hydrogen) atoms. The smallest absolute Gasteiger partial charge is 0.0665 e. The van der Waals surface area contributed by atoms with E-state index in [1.165, 1.54) is 0 Å². The van der Waals surface area contributed by atoms with Crippen molar-refractivity contribution < 1.29 is 0 Å². The lowest BCUT2D eigenvalue weighted by Crippen LogP contribution is -2.37. The molecule has 2 aromatic rings. The monoisotopic (exact) mass is 210 g/mol. The van der Waals surface area contributed by atoms with Gasteiger partial charge in [-0.15, -0.1) is 0 Å². The van der Waals surface area contributed by atoms with E-state index < -0.39 is 5.54 Å². The zero-order chi connectivity index (χ0) is 11.4. The summed E-state index contributed by atoms with van der Waals surface area (Å²) in [6.45, 7) is 3.99. The van der Waals surface area contributed by atoms with E-state index in [0.29, 0.717) is 6.42 Å². The van der Waals surface area contributed by atoms with Gasteiger partial charge in [-0.1, -0.05) is 67.6 Å². The molecular weight excluding hydrogens is 194 g/mol. The first kappa shape index (κ1) is 10.9. The Hall–Kier alpha value is -1.60. The Morgan fingerprint density at radius 3 is 1.50 bits per heavy atom. The highest BCUT2D eigenvalue weighted by Crippen LogP contribution is 2.29. The van der Waals surface area contributed by atoms with E-state index in [9.17, 15) is 0 Å². The van der Waals surface area contributed by atoms with Crippen LogP contribution in [0.15, 0.2) is 60.7 Å². The average Bonchev–Trinajstić information content (AvgIpc) is 2.40. The predicted molar refractivity (Wildman–Crippen MR) is 67.8 cm³/mol. The standard InChI is InChI=1S/C15H16N/c1-2-15(16,13-9-5-3-6-10-13)14-11-7-4-8-12-14/h3-12H,1-2,16H2. The number of hydrogen-bond acceptors (Lipinski definition) is 1. The molecule has 0 bridgehead atoms. The first-order chi connectivity index (χ1) is 7.77. The van der Waals surface area contributed by atoms with Gasteiger partial charge in [0.25, 0.3) is 0 Å². The van der Waals surface area contributed by atoms with Crippen LogP contribution in [0.3, 0.4) is 0 Å². The highest BCUT2D eigenvalue weighted by Gasteiger charge is 2.26. The van der Waals surface area contributed by atoms with Gasteiger partial charge in [-0.25, -0.2) is 0 Å². The van der Waals surface area contributed by atoms with Gasteiger partial charge in [0, 0.05) is 0 Å². The van der Waals surface area contributed by atoms with Crippen molar-refractivity contribution >= 4 is 0 Å². The summed E-state index contributed by atoms with van der Waals surface area (Å²) < 4.78 is 0. The zero-order valence-electron chi connectivity index (χ0n) is 9.27. The first-order valence-electron chi connectivity index (χ1n) is 5.46. The average molecular weight is 210 g/mol. The molecule has 2 aromatic carbocycles. The maximum atomic E-state index is 6.48. The summed E-state index contributed by atoms with van der Waals surface area (Å²) in [7, 11) is 0. The second kappa shape index (κ2) is 4.50. The minimum atomic E-state index is -0.484. The van der Waals surface area contributed by atoms with Crippen molar-refractivity contribution in [1.29, 1.82) is 0 Å². The summed E-state index contributed by atoms with van der Waals surface area (Å²) >= 11 is 0. The molecule has 0 spiro atoms. The van der Waals surface area contributed by atoms with Crippen molar-refractivity contribution in [3.63, 3.8) is 0 Å². The lowest BCUT2D eigenvalue weighted by Gasteiger charge is -2.29. The molecule has 0 heterocycles.